The number of nitrogens with one attached hydrogen (secondary N) is 2. The van der Waals surface area contributed by atoms with E-state index in [1.54, 1.807) is 0 Å². The second kappa shape index (κ2) is 8.59. The maximum Gasteiger partial charge on any atom is 0.160 e. The summed E-state index contributed by atoms with van der Waals surface area (Å²) in [5, 5.41) is 4.05. The van der Waals surface area contributed by atoms with Gasteiger partial charge in [-0.25, -0.2) is 13.2 Å². The van der Waals surface area contributed by atoms with Crippen molar-refractivity contribution in [1.29, 1.82) is 0 Å². The third-order valence-electron chi connectivity index (χ3n) is 3.15. The van der Waals surface area contributed by atoms with Gasteiger partial charge in [-0.15, -0.1) is 0 Å². The fourth-order valence-electron chi connectivity index (χ4n) is 1.88. The minimum atomic E-state index is -0.998. The molecule has 2 aromatic carbocycles. The number of carbonyl (C=O) groups excluding carboxylic acids is 1. The van der Waals surface area contributed by atoms with E-state index in [0.29, 0.717) is 17.4 Å². The third kappa shape index (κ3) is 5.01. The average Bonchev–Trinajstić information content (AvgIpc) is 3.03. The molecule has 8 heteroatoms. The zero-order chi connectivity index (χ0) is 18.4. The van der Waals surface area contributed by atoms with Crippen molar-refractivity contribution in [3.05, 3.63) is 69.6 Å². The van der Waals surface area contributed by atoms with Gasteiger partial charge in [-0.05, 0) is 47.6 Å². The summed E-state index contributed by atoms with van der Waals surface area (Å²) >= 11 is 6.36. The van der Waals surface area contributed by atoms with Crippen LogP contribution >= 0.6 is 23.6 Å². The number of aldehydes is 1. The van der Waals surface area contributed by atoms with Gasteiger partial charge in [-0.1, -0.05) is 23.5 Å². The molecule has 3 nitrogen and oxygen atoms in total. The molecule has 0 aliphatic rings. The van der Waals surface area contributed by atoms with Crippen molar-refractivity contribution >= 4 is 34.8 Å². The molecule has 0 fully saturated rings. The molecule has 0 bridgehead atoms. The van der Waals surface area contributed by atoms with E-state index in [4.69, 9.17) is 12.2 Å². The largest absolute Gasteiger partial charge is 0.379 e. The highest BCUT2D eigenvalue weighted by atomic mass is 32.1. The van der Waals surface area contributed by atoms with E-state index in [1.807, 2.05) is 13.2 Å². The van der Waals surface area contributed by atoms with Crippen LogP contribution in [0.15, 0.2) is 42.6 Å². The van der Waals surface area contributed by atoms with Crippen LogP contribution in [-0.4, -0.2) is 18.3 Å². The number of benzene rings is 2. The molecule has 0 aliphatic heterocycles. The topological polar surface area (TPSA) is 44.9 Å². The van der Waals surface area contributed by atoms with Gasteiger partial charge < -0.3 is 10.3 Å². The number of aromatic amines is 1. The number of thiazole rings is 1. The van der Waals surface area contributed by atoms with Crippen molar-refractivity contribution in [3.8, 4) is 11.1 Å². The van der Waals surface area contributed by atoms with Crippen LogP contribution in [0.1, 0.15) is 10.4 Å². The molecule has 1 aromatic heterocycles. The lowest BCUT2D eigenvalue weighted by Gasteiger charge is -2.03. The van der Waals surface area contributed by atoms with Crippen LogP contribution in [0.25, 0.3) is 11.1 Å². The first kappa shape index (κ1) is 18.9. The first-order chi connectivity index (χ1) is 11.9. The predicted octanol–water partition coefficient (Wildman–Crippen LogP) is 5.43. The van der Waals surface area contributed by atoms with Crippen LogP contribution in [-0.2, 0) is 0 Å². The van der Waals surface area contributed by atoms with Crippen molar-refractivity contribution in [2.75, 3.05) is 12.4 Å². The molecule has 0 saturated heterocycles. The van der Waals surface area contributed by atoms with Crippen molar-refractivity contribution < 1.29 is 18.0 Å². The summed E-state index contributed by atoms with van der Waals surface area (Å²) < 4.78 is 39.8. The van der Waals surface area contributed by atoms with Crippen molar-refractivity contribution in [2.45, 2.75) is 0 Å². The molecule has 0 unspecified atom stereocenters. The van der Waals surface area contributed by atoms with Gasteiger partial charge in [0.25, 0.3) is 0 Å². The number of anilines is 1. The van der Waals surface area contributed by atoms with Gasteiger partial charge >= 0.3 is 0 Å². The molecule has 0 saturated carbocycles. The van der Waals surface area contributed by atoms with Crippen LogP contribution in [0.2, 0.25) is 0 Å². The number of H-pyrrole nitrogens is 1. The van der Waals surface area contributed by atoms with E-state index in [-0.39, 0.29) is 5.56 Å². The lowest BCUT2D eigenvalue weighted by Crippen LogP contribution is -1.90. The third-order valence-corrected chi connectivity index (χ3v) is 4.36. The van der Waals surface area contributed by atoms with E-state index in [9.17, 15) is 18.0 Å². The first-order valence-electron chi connectivity index (χ1n) is 7.01. The Bertz CT molecular complexity index is 938. The quantitative estimate of drug-likeness (QED) is 0.469. The Labute approximate surface area is 151 Å². The van der Waals surface area contributed by atoms with E-state index in [1.165, 1.54) is 29.5 Å². The van der Waals surface area contributed by atoms with Gasteiger partial charge in [0.15, 0.2) is 21.9 Å². The standard InChI is InChI=1S/C13H7F3O.C4H6N2S2/c14-11-4-3-9(6-13(11)16)8-1-2-10(7-17)12(15)5-8;1-5-3-2-6-4(7)8-3/h1-7H;2,5H,1H3,(H,6,7). The number of hydrogen-bond acceptors (Lipinski definition) is 4. The van der Waals surface area contributed by atoms with Crippen LogP contribution in [0, 0.1) is 21.4 Å². The Balaban J connectivity index is 0.000000236. The van der Waals surface area contributed by atoms with Gasteiger partial charge in [0.1, 0.15) is 10.8 Å². The lowest BCUT2D eigenvalue weighted by atomic mass is 10.0. The van der Waals surface area contributed by atoms with Gasteiger partial charge in [-0.2, -0.15) is 0 Å². The average molecular weight is 382 g/mol. The minimum Gasteiger partial charge on any atom is -0.379 e. The van der Waals surface area contributed by atoms with Gasteiger partial charge in [0.05, 0.1) is 5.56 Å². The number of halogens is 3. The molecule has 0 atom stereocenters. The Morgan fingerprint density at radius 1 is 1.04 bits per heavy atom. The molecule has 25 heavy (non-hydrogen) atoms. The zero-order valence-electron chi connectivity index (χ0n) is 13.0. The monoisotopic (exact) mass is 382 g/mol. The molecular weight excluding hydrogens is 369 g/mol. The Hall–Kier alpha value is -2.45. The Morgan fingerprint density at radius 3 is 2.12 bits per heavy atom. The number of rotatable bonds is 3. The number of carbonyl (C=O) groups is 1. The summed E-state index contributed by atoms with van der Waals surface area (Å²) in [6.45, 7) is 0. The molecular formula is C17H13F3N2OS2. The maximum absolute atomic E-state index is 13.3. The van der Waals surface area contributed by atoms with E-state index in [2.05, 4.69) is 10.3 Å². The molecule has 2 N–H and O–H groups in total. The Morgan fingerprint density at radius 2 is 1.68 bits per heavy atom. The fourth-order valence-corrected chi connectivity index (χ4v) is 2.75. The maximum atomic E-state index is 13.3. The SMILES string of the molecule is CNc1c[nH]c(=S)s1.O=Cc1ccc(-c2ccc(F)c(F)c2)cc1F. The van der Waals surface area contributed by atoms with Crippen molar-refractivity contribution in [1.82, 2.24) is 4.98 Å². The van der Waals surface area contributed by atoms with Crippen molar-refractivity contribution in [2.24, 2.45) is 0 Å². The summed E-state index contributed by atoms with van der Waals surface area (Å²) in [4.78, 5) is 13.3. The highest BCUT2D eigenvalue weighted by molar-refractivity contribution is 7.73. The molecule has 3 rings (SSSR count). The molecule has 3 aromatic rings. The van der Waals surface area contributed by atoms with E-state index < -0.39 is 17.5 Å². The van der Waals surface area contributed by atoms with Crippen molar-refractivity contribution in [3.63, 3.8) is 0 Å². The normalized spacial score (nSPS) is 9.92. The van der Waals surface area contributed by atoms with E-state index >= 15 is 0 Å². The highest BCUT2D eigenvalue weighted by Crippen LogP contribution is 2.23. The predicted molar refractivity (Wildman–Crippen MR) is 96.2 cm³/mol. The molecule has 1 heterocycles. The van der Waals surface area contributed by atoms with Crippen LogP contribution in [0.3, 0.4) is 0 Å². The lowest BCUT2D eigenvalue weighted by molar-refractivity contribution is 0.112. The zero-order valence-corrected chi connectivity index (χ0v) is 14.6. The molecule has 0 radical (unpaired) electrons. The summed E-state index contributed by atoms with van der Waals surface area (Å²) in [6.07, 6.45) is 2.25. The Kier molecular flexibility index (Phi) is 6.49. The van der Waals surface area contributed by atoms with Gasteiger partial charge in [0, 0.05) is 13.2 Å². The fraction of sp³-hybridized carbons (Fsp3) is 0.0588. The van der Waals surface area contributed by atoms with Crippen LogP contribution < -0.4 is 5.32 Å². The number of hydrogen-bond donors (Lipinski definition) is 2. The second-order valence-corrected chi connectivity index (χ2v) is 6.49. The molecule has 0 aliphatic carbocycles. The van der Waals surface area contributed by atoms with Gasteiger partial charge in [0.2, 0.25) is 0 Å². The molecule has 0 amide bonds. The van der Waals surface area contributed by atoms with Crippen LogP contribution in [0.5, 0.6) is 0 Å². The minimum absolute atomic E-state index is 0.0728. The first-order valence-corrected chi connectivity index (χ1v) is 8.23. The summed E-state index contributed by atoms with van der Waals surface area (Å²) in [5.41, 5.74) is 0.656. The van der Waals surface area contributed by atoms with Gasteiger partial charge in [-0.3, -0.25) is 4.79 Å². The molecule has 0 spiro atoms. The van der Waals surface area contributed by atoms with E-state index in [0.717, 1.165) is 27.2 Å². The summed E-state index contributed by atoms with van der Waals surface area (Å²) in [7, 11) is 1.87. The molecule has 130 valence electrons. The van der Waals surface area contributed by atoms with Crippen LogP contribution in [0.4, 0.5) is 18.2 Å². The smallest absolute Gasteiger partial charge is 0.160 e. The summed E-state index contributed by atoms with van der Waals surface area (Å²) in [5.74, 6) is -2.65. The highest BCUT2D eigenvalue weighted by Gasteiger charge is 2.07. The second-order valence-electron chi connectivity index (χ2n) is 4.78. The summed E-state index contributed by atoms with van der Waals surface area (Å²) in [6, 6.07) is 7.16. The number of aromatic nitrogens is 1.